The van der Waals surface area contributed by atoms with Crippen molar-refractivity contribution in [3.8, 4) is 0 Å². The Labute approximate surface area is 172 Å². The summed E-state index contributed by atoms with van der Waals surface area (Å²) in [5, 5.41) is 0. The topological polar surface area (TPSA) is 6.48 Å². The van der Waals surface area contributed by atoms with Crippen molar-refractivity contribution in [1.29, 1.82) is 0 Å². The van der Waals surface area contributed by atoms with Crippen molar-refractivity contribution in [1.82, 2.24) is 9.80 Å². The van der Waals surface area contributed by atoms with Crippen molar-refractivity contribution in [2.45, 2.75) is 76.7 Å². The van der Waals surface area contributed by atoms with E-state index in [1.807, 2.05) is 5.57 Å². The number of rotatable bonds is 0. The van der Waals surface area contributed by atoms with Crippen LogP contribution in [0.1, 0.15) is 70.6 Å². The number of piperidine rings is 2. The van der Waals surface area contributed by atoms with Gasteiger partial charge in [-0.15, -0.1) is 0 Å². The lowest BCUT2D eigenvalue weighted by Crippen LogP contribution is -2.68. The average molecular weight is 381 g/mol. The van der Waals surface area contributed by atoms with Crippen LogP contribution in [-0.4, -0.2) is 48.6 Å². The smallest absolute Gasteiger partial charge is 0.0379 e. The summed E-state index contributed by atoms with van der Waals surface area (Å²) >= 11 is 0. The molecule has 5 aliphatic heterocycles. The molecule has 0 N–H and O–H groups in total. The van der Waals surface area contributed by atoms with E-state index in [0.717, 1.165) is 17.9 Å². The van der Waals surface area contributed by atoms with Gasteiger partial charge in [0.1, 0.15) is 0 Å². The lowest BCUT2D eigenvalue weighted by molar-refractivity contribution is -0.109. The molecule has 0 aromatic heterocycles. The van der Waals surface area contributed by atoms with E-state index in [2.05, 4.69) is 40.2 Å². The lowest BCUT2D eigenvalue weighted by Gasteiger charge is -2.64. The Morgan fingerprint density at radius 2 is 1.61 bits per heavy atom. The molecule has 0 aromatic carbocycles. The number of fused-ring (bicyclic) bond motifs is 1. The summed E-state index contributed by atoms with van der Waals surface area (Å²) in [5.74, 6) is 1.75. The Balaban J connectivity index is 1.53. The molecule has 3 unspecified atom stereocenters. The summed E-state index contributed by atoms with van der Waals surface area (Å²) in [4.78, 5) is 5.84. The van der Waals surface area contributed by atoms with Crippen molar-refractivity contribution in [2.24, 2.45) is 17.3 Å². The summed E-state index contributed by atoms with van der Waals surface area (Å²) in [6, 6.07) is 0.728. The second-order valence-corrected chi connectivity index (χ2v) is 10.2. The van der Waals surface area contributed by atoms with E-state index in [4.69, 9.17) is 0 Å². The largest absolute Gasteiger partial charge is 0.303 e. The zero-order valence-electron chi connectivity index (χ0n) is 17.8. The molecule has 5 heterocycles. The fourth-order valence-corrected chi connectivity index (χ4v) is 7.44. The van der Waals surface area contributed by atoms with Crippen LogP contribution in [0.15, 0.2) is 36.0 Å². The normalized spacial score (nSPS) is 46.3. The van der Waals surface area contributed by atoms with E-state index in [9.17, 15) is 0 Å². The molecule has 6 bridgehead atoms. The Morgan fingerprint density at radius 3 is 2.50 bits per heavy atom. The van der Waals surface area contributed by atoms with Gasteiger partial charge in [-0.3, -0.25) is 4.90 Å². The molecule has 6 atom stereocenters. The number of allylic oxidation sites excluding steroid dienone is 4. The molecule has 0 aromatic rings. The van der Waals surface area contributed by atoms with Gasteiger partial charge in [-0.1, -0.05) is 36.0 Å². The second-order valence-electron chi connectivity index (χ2n) is 10.2. The van der Waals surface area contributed by atoms with Crippen LogP contribution in [0, 0.1) is 17.3 Å². The molecule has 6 aliphatic rings. The molecule has 2 saturated heterocycles. The predicted molar refractivity (Wildman–Crippen MR) is 118 cm³/mol. The van der Waals surface area contributed by atoms with Crippen LogP contribution >= 0.6 is 0 Å². The minimum absolute atomic E-state index is 0.512. The fraction of sp³-hybridized carbons (Fsp3) is 0.769. The minimum Gasteiger partial charge on any atom is -0.303 e. The maximum atomic E-state index is 2.97. The summed E-state index contributed by atoms with van der Waals surface area (Å²) in [5.41, 5.74) is 2.33. The molecule has 1 aliphatic carbocycles. The van der Waals surface area contributed by atoms with Gasteiger partial charge in [0.25, 0.3) is 0 Å². The molecule has 154 valence electrons. The maximum absolute atomic E-state index is 2.97. The summed E-state index contributed by atoms with van der Waals surface area (Å²) in [7, 11) is 0. The third-order valence-corrected chi connectivity index (χ3v) is 8.53. The highest BCUT2D eigenvalue weighted by Crippen LogP contribution is 2.57. The van der Waals surface area contributed by atoms with Gasteiger partial charge in [-0.2, -0.15) is 0 Å². The van der Waals surface area contributed by atoms with E-state index < -0.39 is 0 Å². The van der Waals surface area contributed by atoms with Gasteiger partial charge in [-0.05, 0) is 102 Å². The van der Waals surface area contributed by atoms with Crippen LogP contribution in [-0.2, 0) is 0 Å². The van der Waals surface area contributed by atoms with E-state index in [0.29, 0.717) is 5.41 Å². The third-order valence-electron chi connectivity index (χ3n) is 8.53. The standard InChI is InChI=1S/C26H40N2/c1-3-7-11-16-27-18-14-24-23-19-22(13-9-5-1)25-26(24,21-27)15-10-6-2-4-8-12-17-28(25)20-23/h1-2,5-6,19,23-25H,3-4,7-18,20-21H2/b5-1-,6-2-/t23-,24+,25-,26?/m1/s1. The van der Waals surface area contributed by atoms with Crippen molar-refractivity contribution in [3.05, 3.63) is 36.0 Å². The van der Waals surface area contributed by atoms with Crippen molar-refractivity contribution in [2.75, 3.05) is 32.7 Å². The molecule has 2 nitrogen and oxygen atoms in total. The third kappa shape index (κ3) is 3.56. The molecule has 0 amide bonds. The maximum Gasteiger partial charge on any atom is 0.0379 e. The van der Waals surface area contributed by atoms with Crippen LogP contribution in [0.5, 0.6) is 0 Å². The molecular weight excluding hydrogens is 340 g/mol. The summed E-state index contributed by atoms with van der Waals surface area (Å²) in [6.07, 6.45) is 27.5. The average Bonchev–Trinajstić information content (AvgIpc) is 2.73. The monoisotopic (exact) mass is 380 g/mol. The van der Waals surface area contributed by atoms with Crippen molar-refractivity contribution >= 4 is 0 Å². The molecule has 6 rings (SSSR count). The Hall–Kier alpha value is -0.860. The lowest BCUT2D eigenvalue weighted by atomic mass is 9.52. The second kappa shape index (κ2) is 8.48. The Kier molecular flexibility index (Phi) is 5.79. The summed E-state index contributed by atoms with van der Waals surface area (Å²) < 4.78 is 0. The highest BCUT2D eigenvalue weighted by Gasteiger charge is 2.58. The van der Waals surface area contributed by atoms with Crippen LogP contribution in [0.2, 0.25) is 0 Å². The first-order valence-corrected chi connectivity index (χ1v) is 12.3. The van der Waals surface area contributed by atoms with Crippen LogP contribution in [0.3, 0.4) is 0 Å². The summed E-state index contributed by atoms with van der Waals surface area (Å²) in [6.45, 7) is 6.73. The Morgan fingerprint density at radius 1 is 0.821 bits per heavy atom. The SMILES string of the molecule is C1=C2CC/C=C\CCCCN3CC[C@H]4[C@H]1CN1CCCC/C=C\CCC4(C3)[C@@H]21. The highest BCUT2D eigenvalue weighted by atomic mass is 15.2. The van der Waals surface area contributed by atoms with Crippen LogP contribution in [0.25, 0.3) is 0 Å². The van der Waals surface area contributed by atoms with Gasteiger partial charge in [0.2, 0.25) is 0 Å². The first kappa shape index (κ1) is 19.1. The molecule has 28 heavy (non-hydrogen) atoms. The quantitative estimate of drug-likeness (QED) is 0.507. The minimum atomic E-state index is 0.512. The van der Waals surface area contributed by atoms with Gasteiger partial charge in [0.15, 0.2) is 0 Å². The molecule has 2 heteroatoms. The molecule has 2 fully saturated rings. The van der Waals surface area contributed by atoms with E-state index in [1.54, 1.807) is 0 Å². The molecule has 0 radical (unpaired) electrons. The molecule has 1 spiro atoms. The van der Waals surface area contributed by atoms with Gasteiger partial charge < -0.3 is 4.90 Å². The van der Waals surface area contributed by atoms with Crippen LogP contribution in [0.4, 0.5) is 0 Å². The molecular formula is C26H40N2. The fourth-order valence-electron chi connectivity index (χ4n) is 7.44. The van der Waals surface area contributed by atoms with Gasteiger partial charge in [0.05, 0.1) is 0 Å². The van der Waals surface area contributed by atoms with Crippen molar-refractivity contribution < 1.29 is 0 Å². The number of hydrogen-bond donors (Lipinski definition) is 0. The number of nitrogens with zero attached hydrogens (tertiary/aromatic N) is 2. The number of hydrogen-bond acceptors (Lipinski definition) is 2. The predicted octanol–water partition coefficient (Wildman–Crippen LogP) is 5.58. The zero-order valence-corrected chi connectivity index (χ0v) is 17.8. The van der Waals surface area contributed by atoms with Crippen LogP contribution < -0.4 is 0 Å². The zero-order chi connectivity index (χ0) is 18.8. The van der Waals surface area contributed by atoms with Gasteiger partial charge >= 0.3 is 0 Å². The van der Waals surface area contributed by atoms with Gasteiger partial charge in [0, 0.05) is 24.5 Å². The van der Waals surface area contributed by atoms with Crippen molar-refractivity contribution in [3.63, 3.8) is 0 Å². The molecule has 0 saturated carbocycles. The Bertz CT molecular complexity index is 632. The first-order chi connectivity index (χ1) is 13.9. The van der Waals surface area contributed by atoms with Gasteiger partial charge in [-0.25, -0.2) is 0 Å². The van der Waals surface area contributed by atoms with E-state index in [-0.39, 0.29) is 0 Å². The first-order valence-electron chi connectivity index (χ1n) is 12.3. The highest BCUT2D eigenvalue weighted by molar-refractivity contribution is 5.30. The van der Waals surface area contributed by atoms with E-state index in [1.165, 1.54) is 103 Å². The van der Waals surface area contributed by atoms with E-state index >= 15 is 0 Å².